The van der Waals surface area contributed by atoms with Crippen LogP contribution >= 0.6 is 0 Å². The van der Waals surface area contributed by atoms with E-state index in [1.165, 1.54) is 17.7 Å². The van der Waals surface area contributed by atoms with Gasteiger partial charge in [0, 0.05) is 30.9 Å². The van der Waals surface area contributed by atoms with Crippen LogP contribution in [0.15, 0.2) is 29.7 Å². The van der Waals surface area contributed by atoms with E-state index < -0.39 is 10.0 Å². The molecule has 0 N–H and O–H groups in total. The van der Waals surface area contributed by atoms with Crippen molar-refractivity contribution >= 4 is 10.0 Å². The van der Waals surface area contributed by atoms with Crippen LogP contribution in [0.25, 0.3) is 0 Å². The fraction of sp³-hybridized carbons (Fsp3) is 0.533. The number of rotatable bonds is 6. The molecule has 0 aromatic carbocycles. The zero-order valence-corrected chi connectivity index (χ0v) is 15.2. The second kappa shape index (κ2) is 6.96. The van der Waals surface area contributed by atoms with Gasteiger partial charge in [0.2, 0.25) is 11.8 Å². The fourth-order valence-corrected chi connectivity index (χ4v) is 3.94. The van der Waals surface area contributed by atoms with Crippen molar-refractivity contribution in [1.29, 1.82) is 0 Å². The Morgan fingerprint density at radius 1 is 1.24 bits per heavy atom. The first-order valence-electron chi connectivity index (χ1n) is 7.98. The van der Waals surface area contributed by atoms with E-state index in [9.17, 15) is 8.42 Å². The highest BCUT2D eigenvalue weighted by molar-refractivity contribution is 7.89. The number of sulfonamides is 1. The molecular formula is C15H21N5O4S. The first kappa shape index (κ1) is 17.6. The highest BCUT2D eigenvalue weighted by Gasteiger charge is 2.35. The first-order valence-corrected chi connectivity index (χ1v) is 9.42. The van der Waals surface area contributed by atoms with Crippen molar-refractivity contribution in [2.24, 2.45) is 0 Å². The van der Waals surface area contributed by atoms with Gasteiger partial charge < -0.3 is 14.0 Å². The van der Waals surface area contributed by atoms with E-state index in [-0.39, 0.29) is 23.7 Å². The summed E-state index contributed by atoms with van der Waals surface area (Å²) >= 11 is 0. The smallest absolute Gasteiger partial charge is 0.262 e. The summed E-state index contributed by atoms with van der Waals surface area (Å²) in [7, 11) is -2.12. The average Bonchev–Trinajstić information content (AvgIpc) is 3.25. The van der Waals surface area contributed by atoms with Crippen LogP contribution in [-0.4, -0.2) is 58.8 Å². The summed E-state index contributed by atoms with van der Waals surface area (Å²) in [4.78, 5) is 4.04. The van der Waals surface area contributed by atoms with Crippen LogP contribution in [0, 0.1) is 0 Å². The van der Waals surface area contributed by atoms with Gasteiger partial charge >= 0.3 is 0 Å². The van der Waals surface area contributed by atoms with Crippen LogP contribution in [0.1, 0.15) is 26.3 Å². The van der Waals surface area contributed by atoms with Gasteiger partial charge in [0.25, 0.3) is 10.0 Å². The average molecular weight is 367 g/mol. The van der Waals surface area contributed by atoms with E-state index in [2.05, 4.69) is 15.2 Å². The van der Waals surface area contributed by atoms with Crippen LogP contribution in [0.2, 0.25) is 0 Å². The third-order valence-electron chi connectivity index (χ3n) is 4.00. The Hall–Kier alpha value is -2.20. The minimum Gasteiger partial charge on any atom is -0.480 e. The lowest BCUT2D eigenvalue weighted by Gasteiger charge is -2.15. The Bertz CT molecular complexity index is 819. The molecule has 1 atom stereocenters. The SMILES string of the molecule is COc1ccc(OC2CCN(S(=O)(=O)c3cn(C(C)C)cn3)C2)nn1. The van der Waals surface area contributed by atoms with Crippen molar-refractivity contribution in [3.8, 4) is 11.8 Å². The summed E-state index contributed by atoms with van der Waals surface area (Å²) in [5.41, 5.74) is 0. The van der Waals surface area contributed by atoms with Crippen molar-refractivity contribution in [1.82, 2.24) is 24.1 Å². The Balaban J connectivity index is 1.66. The van der Waals surface area contributed by atoms with Crippen molar-refractivity contribution in [3.05, 3.63) is 24.7 Å². The van der Waals surface area contributed by atoms with Gasteiger partial charge in [-0.1, -0.05) is 0 Å². The summed E-state index contributed by atoms with van der Waals surface area (Å²) in [6, 6.07) is 3.44. The fourth-order valence-electron chi connectivity index (χ4n) is 2.53. The number of hydrogen-bond acceptors (Lipinski definition) is 7. The predicted octanol–water partition coefficient (Wildman–Crippen LogP) is 1.10. The van der Waals surface area contributed by atoms with Gasteiger partial charge in [-0.2, -0.15) is 4.31 Å². The molecule has 0 bridgehead atoms. The molecule has 25 heavy (non-hydrogen) atoms. The number of nitrogens with zero attached hydrogens (tertiary/aromatic N) is 5. The van der Waals surface area contributed by atoms with Crippen LogP contribution in [-0.2, 0) is 10.0 Å². The molecule has 136 valence electrons. The molecule has 3 heterocycles. The summed E-state index contributed by atoms with van der Waals surface area (Å²) in [6.45, 7) is 4.57. The van der Waals surface area contributed by atoms with Crippen molar-refractivity contribution in [3.63, 3.8) is 0 Å². The predicted molar refractivity (Wildman–Crippen MR) is 89.0 cm³/mol. The van der Waals surface area contributed by atoms with E-state index in [0.29, 0.717) is 24.7 Å². The molecule has 3 rings (SSSR count). The number of hydrogen-bond donors (Lipinski definition) is 0. The lowest BCUT2D eigenvalue weighted by molar-refractivity contribution is 0.203. The minimum atomic E-state index is -3.62. The molecule has 0 spiro atoms. The molecule has 2 aromatic rings. The van der Waals surface area contributed by atoms with Gasteiger partial charge in [0.15, 0.2) is 5.03 Å². The minimum absolute atomic E-state index is 0.0612. The summed E-state index contributed by atoms with van der Waals surface area (Å²) < 4.78 is 39.2. The largest absolute Gasteiger partial charge is 0.480 e. The zero-order valence-electron chi connectivity index (χ0n) is 14.4. The lowest BCUT2D eigenvalue weighted by atomic mass is 10.3. The second-order valence-corrected chi connectivity index (χ2v) is 7.94. The third-order valence-corrected chi connectivity index (χ3v) is 5.75. The molecule has 2 aromatic heterocycles. The van der Waals surface area contributed by atoms with Gasteiger partial charge in [0.05, 0.1) is 20.0 Å². The maximum Gasteiger partial charge on any atom is 0.262 e. The molecule has 0 saturated carbocycles. The highest BCUT2D eigenvalue weighted by atomic mass is 32.2. The zero-order chi connectivity index (χ0) is 18.0. The number of ether oxygens (including phenoxy) is 2. The van der Waals surface area contributed by atoms with E-state index in [0.717, 1.165) is 0 Å². The Kier molecular flexibility index (Phi) is 4.91. The number of imidazole rings is 1. The lowest BCUT2D eigenvalue weighted by Crippen LogP contribution is -2.31. The van der Waals surface area contributed by atoms with Crippen LogP contribution in [0.3, 0.4) is 0 Å². The molecule has 1 fully saturated rings. The molecule has 0 radical (unpaired) electrons. The van der Waals surface area contributed by atoms with E-state index in [1.54, 1.807) is 22.9 Å². The monoisotopic (exact) mass is 367 g/mol. The van der Waals surface area contributed by atoms with Gasteiger partial charge in [-0.05, 0) is 20.3 Å². The Labute approximate surface area is 146 Å². The van der Waals surface area contributed by atoms with E-state index in [4.69, 9.17) is 9.47 Å². The van der Waals surface area contributed by atoms with Gasteiger partial charge in [0.1, 0.15) is 6.10 Å². The molecule has 0 amide bonds. The highest BCUT2D eigenvalue weighted by Crippen LogP contribution is 2.23. The molecular weight excluding hydrogens is 346 g/mol. The van der Waals surface area contributed by atoms with Crippen molar-refractivity contribution < 1.29 is 17.9 Å². The van der Waals surface area contributed by atoms with Crippen LogP contribution in [0.4, 0.5) is 0 Å². The maximum atomic E-state index is 12.7. The quantitative estimate of drug-likeness (QED) is 0.754. The molecule has 1 unspecified atom stereocenters. The van der Waals surface area contributed by atoms with Crippen LogP contribution < -0.4 is 9.47 Å². The summed E-state index contributed by atoms with van der Waals surface area (Å²) in [6.07, 6.45) is 3.40. The number of aromatic nitrogens is 4. The third kappa shape index (κ3) is 3.74. The van der Waals surface area contributed by atoms with Gasteiger partial charge in [-0.25, -0.2) is 13.4 Å². The second-order valence-electron chi connectivity index (χ2n) is 6.06. The Morgan fingerprint density at radius 3 is 2.56 bits per heavy atom. The summed E-state index contributed by atoms with van der Waals surface area (Å²) in [5.74, 6) is 0.734. The Morgan fingerprint density at radius 2 is 1.96 bits per heavy atom. The molecule has 9 nitrogen and oxygen atoms in total. The standard InChI is InChI=1S/C15H21N5O4S/c1-11(2)19-9-15(16-10-19)25(21,22)20-7-6-12(8-20)24-14-5-4-13(23-3)17-18-14/h4-5,9-12H,6-8H2,1-3H3. The maximum absolute atomic E-state index is 12.7. The first-order chi connectivity index (χ1) is 11.9. The van der Waals surface area contributed by atoms with Crippen molar-refractivity contribution in [2.45, 2.75) is 37.4 Å². The van der Waals surface area contributed by atoms with Gasteiger partial charge in [-0.3, -0.25) is 0 Å². The van der Waals surface area contributed by atoms with Crippen molar-refractivity contribution in [2.75, 3.05) is 20.2 Å². The topological polar surface area (TPSA) is 99.4 Å². The van der Waals surface area contributed by atoms with Gasteiger partial charge in [-0.15, -0.1) is 10.2 Å². The van der Waals surface area contributed by atoms with E-state index in [1.807, 2.05) is 13.8 Å². The molecule has 1 aliphatic rings. The normalized spacial score (nSPS) is 18.6. The molecule has 1 aliphatic heterocycles. The molecule has 1 saturated heterocycles. The van der Waals surface area contributed by atoms with E-state index >= 15 is 0 Å². The molecule has 10 heteroatoms. The number of methoxy groups -OCH3 is 1. The summed E-state index contributed by atoms with van der Waals surface area (Å²) in [5, 5.41) is 7.79. The molecule has 0 aliphatic carbocycles. The van der Waals surface area contributed by atoms with Crippen LogP contribution in [0.5, 0.6) is 11.8 Å².